The number of carbonyl (C=O) groups excluding carboxylic acids is 2. The Morgan fingerprint density at radius 3 is 2.52 bits per heavy atom. The number of nitrogens with two attached hydrogens (primary N) is 1. The van der Waals surface area contributed by atoms with Crippen LogP contribution in [0.15, 0.2) is 48.5 Å². The van der Waals surface area contributed by atoms with Crippen molar-refractivity contribution in [1.29, 1.82) is 0 Å². The maximum Gasteiger partial charge on any atom is 0.253 e. The summed E-state index contributed by atoms with van der Waals surface area (Å²) in [5, 5.41) is 5.65. The van der Waals surface area contributed by atoms with Gasteiger partial charge in [0.15, 0.2) is 0 Å². The first-order valence-corrected chi connectivity index (χ1v) is 9.11. The van der Waals surface area contributed by atoms with Crippen LogP contribution in [-0.4, -0.2) is 24.9 Å². The number of rotatable bonds is 6. The molecule has 1 aliphatic carbocycles. The molecule has 3 rings (SSSR count). The molecule has 2 aromatic carbocycles. The number of carbonyl (C=O) groups is 2. The van der Waals surface area contributed by atoms with Crippen molar-refractivity contribution in [3.05, 3.63) is 65.2 Å². The average molecular weight is 388 g/mol. The summed E-state index contributed by atoms with van der Waals surface area (Å²) in [7, 11) is 0. The SMILES string of the molecule is Cl.NCCNC(=O)c1ccccc1NC(=O)CC1CCc2ccccc2C1. The van der Waals surface area contributed by atoms with Crippen LogP contribution in [0.4, 0.5) is 5.69 Å². The molecule has 2 amide bonds. The summed E-state index contributed by atoms with van der Waals surface area (Å²) in [6, 6.07) is 15.5. The lowest BCUT2D eigenvalue weighted by Crippen LogP contribution is -2.30. The lowest BCUT2D eigenvalue weighted by molar-refractivity contribution is -0.117. The lowest BCUT2D eigenvalue weighted by atomic mass is 9.82. The molecular weight excluding hydrogens is 362 g/mol. The summed E-state index contributed by atoms with van der Waals surface area (Å²) in [5.41, 5.74) is 9.17. The van der Waals surface area contributed by atoms with Crippen LogP contribution in [0.2, 0.25) is 0 Å². The van der Waals surface area contributed by atoms with Crippen molar-refractivity contribution in [1.82, 2.24) is 5.32 Å². The van der Waals surface area contributed by atoms with Crippen LogP contribution in [0.1, 0.15) is 34.3 Å². The van der Waals surface area contributed by atoms with Crippen LogP contribution in [0.3, 0.4) is 0 Å². The molecule has 0 saturated carbocycles. The van der Waals surface area contributed by atoms with Crippen molar-refractivity contribution in [2.75, 3.05) is 18.4 Å². The summed E-state index contributed by atoms with van der Waals surface area (Å²) in [6.07, 6.45) is 3.44. The molecule has 1 aliphatic rings. The Bertz CT molecular complexity index is 795. The number of fused-ring (bicyclic) bond motifs is 1. The van der Waals surface area contributed by atoms with Gasteiger partial charge in [0, 0.05) is 19.5 Å². The number of benzene rings is 2. The molecule has 2 aromatic rings. The molecule has 4 N–H and O–H groups in total. The van der Waals surface area contributed by atoms with Gasteiger partial charge in [0.1, 0.15) is 0 Å². The van der Waals surface area contributed by atoms with E-state index in [1.807, 2.05) is 6.07 Å². The molecule has 0 aliphatic heterocycles. The van der Waals surface area contributed by atoms with Crippen molar-refractivity contribution in [3.8, 4) is 0 Å². The zero-order chi connectivity index (χ0) is 18.4. The van der Waals surface area contributed by atoms with E-state index in [4.69, 9.17) is 5.73 Å². The average Bonchev–Trinajstić information content (AvgIpc) is 2.66. The maximum absolute atomic E-state index is 12.5. The van der Waals surface area contributed by atoms with E-state index in [2.05, 4.69) is 34.9 Å². The predicted octanol–water partition coefficient (Wildman–Crippen LogP) is 2.93. The topological polar surface area (TPSA) is 84.2 Å². The fraction of sp³-hybridized carbons (Fsp3) is 0.333. The highest BCUT2D eigenvalue weighted by molar-refractivity contribution is 6.03. The number of para-hydroxylation sites is 1. The van der Waals surface area contributed by atoms with Gasteiger partial charge in [0.05, 0.1) is 11.3 Å². The Morgan fingerprint density at radius 2 is 1.74 bits per heavy atom. The number of amides is 2. The second-order valence-corrected chi connectivity index (χ2v) is 6.72. The molecule has 0 bridgehead atoms. The number of nitrogens with one attached hydrogen (secondary N) is 2. The summed E-state index contributed by atoms with van der Waals surface area (Å²) in [6.45, 7) is 0.784. The van der Waals surface area contributed by atoms with E-state index in [1.165, 1.54) is 11.1 Å². The molecule has 27 heavy (non-hydrogen) atoms. The van der Waals surface area contributed by atoms with Gasteiger partial charge >= 0.3 is 0 Å². The summed E-state index contributed by atoms with van der Waals surface area (Å²) in [5.74, 6) is 0.0644. The lowest BCUT2D eigenvalue weighted by Gasteiger charge is -2.24. The minimum absolute atomic E-state index is 0. The van der Waals surface area contributed by atoms with Crippen LogP contribution in [0, 0.1) is 5.92 Å². The highest BCUT2D eigenvalue weighted by atomic mass is 35.5. The van der Waals surface area contributed by atoms with E-state index in [0.717, 1.165) is 19.3 Å². The van der Waals surface area contributed by atoms with Gasteiger partial charge in [-0.15, -0.1) is 12.4 Å². The maximum atomic E-state index is 12.5. The first kappa shape index (κ1) is 20.9. The minimum atomic E-state index is -0.224. The molecular formula is C21H26ClN3O2. The molecule has 0 radical (unpaired) electrons. The van der Waals surface area contributed by atoms with Crippen LogP contribution in [-0.2, 0) is 17.6 Å². The quantitative estimate of drug-likeness (QED) is 0.712. The normalized spacial score (nSPS) is 15.2. The molecule has 5 nitrogen and oxygen atoms in total. The fourth-order valence-electron chi connectivity index (χ4n) is 3.48. The van der Waals surface area contributed by atoms with Crippen LogP contribution < -0.4 is 16.4 Å². The first-order valence-electron chi connectivity index (χ1n) is 9.11. The van der Waals surface area contributed by atoms with Gasteiger partial charge in [-0.3, -0.25) is 9.59 Å². The smallest absolute Gasteiger partial charge is 0.253 e. The molecule has 1 unspecified atom stereocenters. The van der Waals surface area contributed by atoms with Gasteiger partial charge in [0.2, 0.25) is 5.91 Å². The predicted molar refractivity (Wildman–Crippen MR) is 110 cm³/mol. The van der Waals surface area contributed by atoms with Crippen molar-refractivity contribution < 1.29 is 9.59 Å². The van der Waals surface area contributed by atoms with E-state index in [9.17, 15) is 9.59 Å². The molecule has 0 heterocycles. The fourth-order valence-corrected chi connectivity index (χ4v) is 3.48. The van der Waals surface area contributed by atoms with Crippen molar-refractivity contribution in [2.45, 2.75) is 25.7 Å². The van der Waals surface area contributed by atoms with E-state index in [0.29, 0.717) is 36.7 Å². The van der Waals surface area contributed by atoms with Crippen LogP contribution >= 0.6 is 12.4 Å². The molecule has 1 atom stereocenters. The molecule has 144 valence electrons. The molecule has 0 fully saturated rings. The Morgan fingerprint density at radius 1 is 1.04 bits per heavy atom. The summed E-state index contributed by atoms with van der Waals surface area (Å²) < 4.78 is 0. The highest BCUT2D eigenvalue weighted by Gasteiger charge is 2.21. The van der Waals surface area contributed by atoms with Gasteiger partial charge in [-0.25, -0.2) is 0 Å². The van der Waals surface area contributed by atoms with E-state index in [1.54, 1.807) is 18.2 Å². The summed E-state index contributed by atoms with van der Waals surface area (Å²) in [4.78, 5) is 24.7. The number of hydrogen-bond acceptors (Lipinski definition) is 3. The first-order chi connectivity index (χ1) is 12.7. The number of aryl methyl sites for hydroxylation is 1. The third kappa shape index (κ3) is 5.55. The van der Waals surface area contributed by atoms with Gasteiger partial charge in [-0.05, 0) is 48.4 Å². The van der Waals surface area contributed by atoms with Crippen molar-refractivity contribution in [2.24, 2.45) is 11.7 Å². The Kier molecular flexibility index (Phi) is 7.82. The van der Waals surface area contributed by atoms with E-state index < -0.39 is 0 Å². The van der Waals surface area contributed by atoms with E-state index in [-0.39, 0.29) is 24.2 Å². The van der Waals surface area contributed by atoms with Gasteiger partial charge in [0.25, 0.3) is 5.91 Å². The van der Waals surface area contributed by atoms with E-state index >= 15 is 0 Å². The van der Waals surface area contributed by atoms with Crippen LogP contribution in [0.5, 0.6) is 0 Å². The van der Waals surface area contributed by atoms with Crippen molar-refractivity contribution in [3.63, 3.8) is 0 Å². The molecule has 0 saturated heterocycles. The second kappa shape index (κ2) is 10.1. The number of hydrogen-bond donors (Lipinski definition) is 3. The molecule has 0 spiro atoms. The third-order valence-electron chi connectivity index (χ3n) is 4.80. The summed E-state index contributed by atoms with van der Waals surface area (Å²) >= 11 is 0. The number of anilines is 1. The second-order valence-electron chi connectivity index (χ2n) is 6.72. The minimum Gasteiger partial charge on any atom is -0.351 e. The monoisotopic (exact) mass is 387 g/mol. The third-order valence-corrected chi connectivity index (χ3v) is 4.80. The standard InChI is InChI=1S/C21H25N3O2.ClH/c22-11-12-23-21(26)18-7-3-4-8-19(18)24-20(25)14-15-9-10-16-5-1-2-6-17(16)13-15;/h1-8,15H,9-14,22H2,(H,23,26)(H,24,25);1H. The Balaban J connectivity index is 0.00000261. The largest absolute Gasteiger partial charge is 0.351 e. The van der Waals surface area contributed by atoms with Crippen molar-refractivity contribution >= 4 is 29.9 Å². The Labute approximate surface area is 166 Å². The molecule has 6 heteroatoms. The molecule has 0 aromatic heterocycles. The van der Waals surface area contributed by atoms with Gasteiger partial charge in [-0.2, -0.15) is 0 Å². The number of halogens is 1. The Hall–Kier alpha value is -2.37. The zero-order valence-corrected chi connectivity index (χ0v) is 16.1. The highest BCUT2D eigenvalue weighted by Crippen LogP contribution is 2.28. The van der Waals surface area contributed by atoms with Gasteiger partial charge in [-0.1, -0.05) is 36.4 Å². The van der Waals surface area contributed by atoms with Gasteiger partial charge < -0.3 is 16.4 Å². The zero-order valence-electron chi connectivity index (χ0n) is 15.2. The van der Waals surface area contributed by atoms with Crippen LogP contribution in [0.25, 0.3) is 0 Å².